The maximum Gasteiger partial charge on any atom is 0.254 e. The normalized spacial score (nSPS) is 13.8. The Bertz CT molecular complexity index is 1030. The lowest BCUT2D eigenvalue weighted by atomic mass is 10.1. The van der Waals surface area contributed by atoms with Crippen molar-refractivity contribution in [1.82, 2.24) is 10.1 Å². The largest absolute Gasteiger partial charge is 0.385 e. The van der Waals surface area contributed by atoms with Gasteiger partial charge >= 0.3 is 0 Å². The fourth-order valence-electron chi connectivity index (χ4n) is 3.90. The van der Waals surface area contributed by atoms with Gasteiger partial charge in [0.2, 0.25) is 5.88 Å². The minimum absolute atomic E-state index is 0.0779. The molecule has 1 aliphatic heterocycles. The zero-order valence-corrected chi connectivity index (χ0v) is 18.7. The Balaban J connectivity index is 1.70. The Labute approximate surface area is 192 Å². The molecule has 8 heteroatoms. The molecule has 1 saturated heterocycles. The molecule has 2 heterocycles. The SMILES string of the molecule is COCCCN(Cc1c(-c2ccc(F)cc2)noc1N1CCOCC1)C(=O)c1ccccc1. The second kappa shape index (κ2) is 11.1. The van der Waals surface area contributed by atoms with Gasteiger partial charge in [0.05, 0.1) is 25.3 Å². The predicted octanol–water partition coefficient (Wildman–Crippen LogP) is 4.00. The first kappa shape index (κ1) is 22.9. The summed E-state index contributed by atoms with van der Waals surface area (Å²) in [4.78, 5) is 17.3. The molecule has 7 nitrogen and oxygen atoms in total. The van der Waals surface area contributed by atoms with Crippen LogP contribution in [0.25, 0.3) is 11.3 Å². The molecule has 0 N–H and O–H groups in total. The van der Waals surface area contributed by atoms with Gasteiger partial charge in [0.25, 0.3) is 5.91 Å². The molecule has 174 valence electrons. The molecule has 0 unspecified atom stereocenters. The van der Waals surface area contributed by atoms with Crippen LogP contribution in [0.5, 0.6) is 0 Å². The molecular weight excluding hydrogens is 425 g/mol. The van der Waals surface area contributed by atoms with Gasteiger partial charge < -0.3 is 23.8 Å². The lowest BCUT2D eigenvalue weighted by molar-refractivity contribution is 0.0723. The molecule has 1 fully saturated rings. The third kappa shape index (κ3) is 5.58. The highest BCUT2D eigenvalue weighted by atomic mass is 19.1. The van der Waals surface area contributed by atoms with Crippen LogP contribution in [-0.2, 0) is 16.0 Å². The lowest BCUT2D eigenvalue weighted by Gasteiger charge is -2.28. The molecule has 0 spiro atoms. The molecule has 0 radical (unpaired) electrons. The van der Waals surface area contributed by atoms with Crippen LogP contribution in [-0.4, -0.2) is 62.5 Å². The lowest BCUT2D eigenvalue weighted by Crippen LogP contribution is -2.37. The van der Waals surface area contributed by atoms with Crippen molar-refractivity contribution < 1.29 is 23.2 Å². The topological polar surface area (TPSA) is 68.0 Å². The molecule has 2 aromatic carbocycles. The number of ether oxygens (including phenoxy) is 2. The number of benzene rings is 2. The number of halogens is 1. The number of hydrogen-bond acceptors (Lipinski definition) is 6. The second-order valence-electron chi connectivity index (χ2n) is 7.86. The molecule has 0 aliphatic carbocycles. The maximum absolute atomic E-state index is 13.5. The fourth-order valence-corrected chi connectivity index (χ4v) is 3.90. The van der Waals surface area contributed by atoms with Crippen LogP contribution >= 0.6 is 0 Å². The van der Waals surface area contributed by atoms with Gasteiger partial charge in [0, 0.05) is 44.5 Å². The van der Waals surface area contributed by atoms with Crippen LogP contribution in [0, 0.1) is 5.82 Å². The van der Waals surface area contributed by atoms with E-state index in [9.17, 15) is 9.18 Å². The standard InChI is InChI=1S/C25H28FN3O4/c1-31-15-5-12-29(24(30)20-6-3-2-4-7-20)18-22-23(19-8-10-21(26)11-9-19)27-33-25(22)28-13-16-32-17-14-28/h2-4,6-11H,5,12-18H2,1H3. The van der Waals surface area contributed by atoms with E-state index in [0.29, 0.717) is 69.6 Å². The average Bonchev–Trinajstić information content (AvgIpc) is 3.28. The van der Waals surface area contributed by atoms with Gasteiger partial charge in [-0.25, -0.2) is 4.39 Å². The number of rotatable bonds is 9. The summed E-state index contributed by atoms with van der Waals surface area (Å²) in [5.41, 5.74) is 2.75. The average molecular weight is 454 g/mol. The number of carbonyl (C=O) groups excluding carboxylic acids is 1. The van der Waals surface area contributed by atoms with Crippen LogP contribution < -0.4 is 4.90 Å². The smallest absolute Gasteiger partial charge is 0.254 e. The van der Waals surface area contributed by atoms with Gasteiger partial charge in [-0.15, -0.1) is 0 Å². The van der Waals surface area contributed by atoms with Crippen LogP contribution in [0.4, 0.5) is 10.3 Å². The van der Waals surface area contributed by atoms with Gasteiger partial charge in [0.15, 0.2) is 0 Å². The Hall–Kier alpha value is -3.23. The first-order valence-electron chi connectivity index (χ1n) is 11.1. The Morgan fingerprint density at radius 3 is 2.55 bits per heavy atom. The van der Waals surface area contributed by atoms with Gasteiger partial charge in [-0.3, -0.25) is 4.79 Å². The van der Waals surface area contributed by atoms with Crippen LogP contribution in [0.2, 0.25) is 0 Å². The number of methoxy groups -OCH3 is 1. The van der Waals surface area contributed by atoms with Gasteiger partial charge in [0.1, 0.15) is 11.5 Å². The molecule has 0 bridgehead atoms. The van der Waals surface area contributed by atoms with Crippen LogP contribution in [0.3, 0.4) is 0 Å². The van der Waals surface area contributed by atoms with Crippen molar-refractivity contribution in [1.29, 1.82) is 0 Å². The Morgan fingerprint density at radius 1 is 1.12 bits per heavy atom. The maximum atomic E-state index is 13.5. The highest BCUT2D eigenvalue weighted by Gasteiger charge is 2.27. The third-order valence-corrected chi connectivity index (χ3v) is 5.62. The van der Waals surface area contributed by atoms with Crippen LogP contribution in [0.15, 0.2) is 59.1 Å². The van der Waals surface area contributed by atoms with E-state index in [4.69, 9.17) is 14.0 Å². The molecule has 1 amide bonds. The Kier molecular flexibility index (Phi) is 7.70. The van der Waals surface area contributed by atoms with E-state index in [1.807, 2.05) is 30.3 Å². The molecule has 0 atom stereocenters. The third-order valence-electron chi connectivity index (χ3n) is 5.62. The summed E-state index contributed by atoms with van der Waals surface area (Å²) in [6.07, 6.45) is 0.694. The minimum Gasteiger partial charge on any atom is -0.385 e. The van der Waals surface area contributed by atoms with Crippen molar-refractivity contribution >= 4 is 11.8 Å². The van der Waals surface area contributed by atoms with Gasteiger partial charge in [-0.1, -0.05) is 23.4 Å². The predicted molar refractivity (Wildman–Crippen MR) is 123 cm³/mol. The monoisotopic (exact) mass is 453 g/mol. The first-order valence-corrected chi connectivity index (χ1v) is 11.1. The number of anilines is 1. The quantitative estimate of drug-likeness (QED) is 0.457. The number of carbonyl (C=O) groups is 1. The van der Waals surface area contributed by atoms with Crippen LogP contribution in [0.1, 0.15) is 22.3 Å². The van der Waals surface area contributed by atoms with Crippen molar-refractivity contribution in [3.63, 3.8) is 0 Å². The van der Waals surface area contributed by atoms with E-state index in [0.717, 1.165) is 11.1 Å². The summed E-state index contributed by atoms with van der Waals surface area (Å²) < 4.78 is 30.0. The zero-order chi connectivity index (χ0) is 23.0. The van der Waals surface area contributed by atoms with Crippen molar-refractivity contribution in [2.45, 2.75) is 13.0 Å². The number of nitrogens with zero attached hydrogens (tertiary/aromatic N) is 3. The summed E-state index contributed by atoms with van der Waals surface area (Å²) in [6, 6.07) is 15.3. The second-order valence-corrected chi connectivity index (χ2v) is 7.86. The van der Waals surface area contributed by atoms with E-state index in [2.05, 4.69) is 10.1 Å². The molecular formula is C25H28FN3O4. The van der Waals surface area contributed by atoms with E-state index in [1.54, 1.807) is 24.1 Å². The molecule has 3 aromatic rings. The molecule has 33 heavy (non-hydrogen) atoms. The van der Waals surface area contributed by atoms with Gasteiger partial charge in [-0.05, 0) is 42.8 Å². The molecule has 1 aromatic heterocycles. The first-order chi connectivity index (χ1) is 16.2. The van der Waals surface area contributed by atoms with Crippen molar-refractivity contribution in [2.75, 3.05) is 51.5 Å². The van der Waals surface area contributed by atoms with Crippen molar-refractivity contribution in [3.05, 3.63) is 71.5 Å². The van der Waals surface area contributed by atoms with E-state index >= 15 is 0 Å². The Morgan fingerprint density at radius 2 is 1.85 bits per heavy atom. The molecule has 0 saturated carbocycles. The molecule has 1 aliphatic rings. The van der Waals surface area contributed by atoms with E-state index in [1.165, 1.54) is 12.1 Å². The fraction of sp³-hybridized carbons (Fsp3) is 0.360. The van der Waals surface area contributed by atoms with Crippen molar-refractivity contribution in [3.8, 4) is 11.3 Å². The van der Waals surface area contributed by atoms with Gasteiger partial charge in [-0.2, -0.15) is 0 Å². The highest BCUT2D eigenvalue weighted by Crippen LogP contribution is 2.33. The molecule has 4 rings (SSSR count). The van der Waals surface area contributed by atoms with E-state index in [-0.39, 0.29) is 11.7 Å². The highest BCUT2D eigenvalue weighted by molar-refractivity contribution is 5.94. The number of amides is 1. The summed E-state index contributed by atoms with van der Waals surface area (Å²) in [5, 5.41) is 4.33. The summed E-state index contributed by atoms with van der Waals surface area (Å²) in [7, 11) is 1.65. The number of morpholine rings is 1. The summed E-state index contributed by atoms with van der Waals surface area (Å²) in [5.74, 6) is 0.221. The minimum atomic E-state index is -0.322. The summed E-state index contributed by atoms with van der Waals surface area (Å²) in [6.45, 7) is 3.88. The van der Waals surface area contributed by atoms with Crippen molar-refractivity contribution in [2.24, 2.45) is 0 Å². The van der Waals surface area contributed by atoms with E-state index < -0.39 is 0 Å². The number of aromatic nitrogens is 1. The number of hydrogen-bond donors (Lipinski definition) is 0. The zero-order valence-electron chi connectivity index (χ0n) is 18.7. The summed E-state index contributed by atoms with van der Waals surface area (Å²) >= 11 is 0.